The minimum atomic E-state index is -0.295. The normalized spacial score (nSPS) is 13.4. The van der Waals surface area contributed by atoms with Gasteiger partial charge in [-0.1, -0.05) is 36.9 Å². The summed E-state index contributed by atoms with van der Waals surface area (Å²) in [6, 6.07) is 16.0. The number of carbonyl (C=O) groups is 1. The van der Waals surface area contributed by atoms with Gasteiger partial charge in [0.25, 0.3) is 0 Å². The number of rotatable bonds is 9. The minimum Gasteiger partial charge on any atom is -0.342 e. The van der Waals surface area contributed by atoms with Gasteiger partial charge in [-0.3, -0.25) is 9.36 Å². The van der Waals surface area contributed by atoms with Crippen molar-refractivity contribution >= 4 is 17.7 Å². The highest BCUT2D eigenvalue weighted by Crippen LogP contribution is 2.31. The van der Waals surface area contributed by atoms with Gasteiger partial charge in [-0.2, -0.15) is 0 Å². The number of hydrogen-bond donors (Lipinski definition) is 0. The molecule has 2 aromatic carbocycles. The first-order valence-electron chi connectivity index (χ1n) is 10.3. The van der Waals surface area contributed by atoms with Crippen LogP contribution in [0.3, 0.4) is 0 Å². The molecule has 1 aromatic heterocycles. The summed E-state index contributed by atoms with van der Waals surface area (Å²) in [7, 11) is 0. The van der Waals surface area contributed by atoms with Crippen molar-refractivity contribution in [2.24, 2.45) is 5.92 Å². The van der Waals surface area contributed by atoms with Gasteiger partial charge in [-0.05, 0) is 61.6 Å². The van der Waals surface area contributed by atoms with Crippen molar-refractivity contribution in [3.63, 3.8) is 0 Å². The second kappa shape index (κ2) is 9.43. The molecule has 30 heavy (non-hydrogen) atoms. The van der Waals surface area contributed by atoms with E-state index in [9.17, 15) is 9.18 Å². The van der Waals surface area contributed by atoms with Gasteiger partial charge >= 0.3 is 0 Å². The monoisotopic (exact) mass is 424 g/mol. The van der Waals surface area contributed by atoms with Crippen LogP contribution in [0.25, 0.3) is 17.1 Å². The molecule has 0 N–H and O–H groups in total. The summed E-state index contributed by atoms with van der Waals surface area (Å²) in [5, 5.41) is 9.36. The lowest BCUT2D eigenvalue weighted by Crippen LogP contribution is -2.35. The fraction of sp³-hybridized carbons (Fsp3) is 0.348. The van der Waals surface area contributed by atoms with Crippen molar-refractivity contribution in [2.75, 3.05) is 18.8 Å². The van der Waals surface area contributed by atoms with Crippen LogP contribution in [-0.2, 0) is 4.79 Å². The maximum absolute atomic E-state index is 13.4. The Labute approximate surface area is 180 Å². The second-order valence-electron chi connectivity index (χ2n) is 7.56. The van der Waals surface area contributed by atoms with Crippen LogP contribution >= 0.6 is 11.8 Å². The molecule has 7 heteroatoms. The fourth-order valence-electron chi connectivity index (χ4n) is 3.38. The van der Waals surface area contributed by atoms with Crippen molar-refractivity contribution in [3.05, 3.63) is 60.4 Å². The van der Waals surface area contributed by atoms with E-state index in [1.807, 2.05) is 39.8 Å². The highest BCUT2D eigenvalue weighted by Gasteiger charge is 2.27. The maximum atomic E-state index is 13.4. The SMILES string of the molecule is CCCN(CC1CC1)C(=O)CSc1nnc(-c2ccc(F)cc2)n1-c1ccccc1. The molecule has 1 heterocycles. The van der Waals surface area contributed by atoms with E-state index in [4.69, 9.17) is 0 Å². The summed E-state index contributed by atoms with van der Waals surface area (Å²) in [5.74, 6) is 1.46. The molecule has 5 nitrogen and oxygen atoms in total. The molecule has 1 aliphatic rings. The molecule has 1 saturated carbocycles. The van der Waals surface area contributed by atoms with Gasteiger partial charge in [0.15, 0.2) is 11.0 Å². The Morgan fingerprint density at radius 1 is 1.13 bits per heavy atom. The first kappa shape index (κ1) is 20.6. The van der Waals surface area contributed by atoms with E-state index in [1.54, 1.807) is 12.1 Å². The Morgan fingerprint density at radius 3 is 2.53 bits per heavy atom. The highest BCUT2D eigenvalue weighted by molar-refractivity contribution is 7.99. The fourth-order valence-corrected chi connectivity index (χ4v) is 4.23. The smallest absolute Gasteiger partial charge is 0.233 e. The Kier molecular flexibility index (Phi) is 6.47. The largest absolute Gasteiger partial charge is 0.342 e. The average Bonchev–Trinajstić information content (AvgIpc) is 3.49. The Hall–Kier alpha value is -2.67. The zero-order chi connectivity index (χ0) is 20.9. The van der Waals surface area contributed by atoms with Crippen LogP contribution in [0.1, 0.15) is 26.2 Å². The predicted molar refractivity (Wildman–Crippen MR) is 117 cm³/mol. The highest BCUT2D eigenvalue weighted by atomic mass is 32.2. The number of amides is 1. The number of halogens is 1. The average molecular weight is 425 g/mol. The number of hydrogen-bond acceptors (Lipinski definition) is 4. The molecule has 0 radical (unpaired) electrons. The van der Waals surface area contributed by atoms with Crippen LogP contribution in [0.5, 0.6) is 0 Å². The van der Waals surface area contributed by atoms with Crippen LogP contribution in [0.4, 0.5) is 4.39 Å². The molecule has 0 atom stereocenters. The van der Waals surface area contributed by atoms with Gasteiger partial charge in [-0.25, -0.2) is 4.39 Å². The number of aromatic nitrogens is 3. The summed E-state index contributed by atoms with van der Waals surface area (Å²) < 4.78 is 15.3. The summed E-state index contributed by atoms with van der Waals surface area (Å²) in [5.41, 5.74) is 1.67. The molecule has 0 spiro atoms. The second-order valence-corrected chi connectivity index (χ2v) is 8.50. The van der Waals surface area contributed by atoms with Crippen LogP contribution < -0.4 is 0 Å². The zero-order valence-electron chi connectivity index (χ0n) is 17.0. The molecular weight excluding hydrogens is 399 g/mol. The number of carbonyl (C=O) groups excluding carboxylic acids is 1. The van der Waals surface area contributed by atoms with Crippen molar-refractivity contribution < 1.29 is 9.18 Å². The lowest BCUT2D eigenvalue weighted by atomic mass is 10.2. The molecular formula is C23H25FN4OS. The minimum absolute atomic E-state index is 0.139. The van der Waals surface area contributed by atoms with E-state index >= 15 is 0 Å². The molecule has 1 aliphatic carbocycles. The van der Waals surface area contributed by atoms with Crippen LogP contribution in [-0.4, -0.2) is 44.4 Å². The van der Waals surface area contributed by atoms with Gasteiger partial charge in [0.05, 0.1) is 5.75 Å². The van der Waals surface area contributed by atoms with E-state index in [2.05, 4.69) is 17.1 Å². The number of nitrogens with zero attached hydrogens (tertiary/aromatic N) is 4. The Morgan fingerprint density at radius 2 is 1.87 bits per heavy atom. The topological polar surface area (TPSA) is 51.0 Å². The van der Waals surface area contributed by atoms with Crippen molar-refractivity contribution in [2.45, 2.75) is 31.3 Å². The standard InChI is InChI=1S/C23H25FN4OS/c1-2-14-27(15-17-8-9-17)21(29)16-30-23-26-25-22(18-10-12-19(24)13-11-18)28(23)20-6-4-3-5-7-20/h3-7,10-13,17H,2,8-9,14-16H2,1H3. The molecule has 4 rings (SSSR count). The Balaban J connectivity index is 1.58. The molecule has 0 aliphatic heterocycles. The van der Waals surface area contributed by atoms with Crippen molar-refractivity contribution in [1.29, 1.82) is 0 Å². The van der Waals surface area contributed by atoms with E-state index in [0.717, 1.165) is 30.8 Å². The molecule has 0 saturated heterocycles. The van der Waals surface area contributed by atoms with Gasteiger partial charge in [0.1, 0.15) is 5.82 Å². The lowest BCUT2D eigenvalue weighted by molar-refractivity contribution is -0.128. The molecule has 1 amide bonds. The first-order valence-corrected chi connectivity index (χ1v) is 11.3. The molecule has 1 fully saturated rings. The zero-order valence-corrected chi connectivity index (χ0v) is 17.8. The lowest BCUT2D eigenvalue weighted by Gasteiger charge is -2.21. The third kappa shape index (κ3) is 4.90. The van der Waals surface area contributed by atoms with Crippen LogP contribution in [0.2, 0.25) is 0 Å². The summed E-state index contributed by atoms with van der Waals surface area (Å²) in [6.45, 7) is 3.75. The quantitative estimate of drug-likeness (QED) is 0.463. The van der Waals surface area contributed by atoms with Gasteiger partial charge in [-0.15, -0.1) is 10.2 Å². The summed E-state index contributed by atoms with van der Waals surface area (Å²) in [4.78, 5) is 14.8. The van der Waals surface area contributed by atoms with Crippen LogP contribution in [0, 0.1) is 11.7 Å². The molecule has 3 aromatic rings. The first-order chi connectivity index (χ1) is 14.7. The number of para-hydroxylation sites is 1. The van der Waals surface area contributed by atoms with Crippen molar-refractivity contribution in [3.8, 4) is 17.1 Å². The number of thioether (sulfide) groups is 1. The van der Waals surface area contributed by atoms with E-state index in [0.29, 0.717) is 22.7 Å². The molecule has 0 unspecified atom stereocenters. The van der Waals surface area contributed by atoms with Crippen LogP contribution in [0.15, 0.2) is 59.8 Å². The summed E-state index contributed by atoms with van der Waals surface area (Å²) >= 11 is 1.39. The van der Waals surface area contributed by atoms with E-state index in [1.165, 1.54) is 36.7 Å². The maximum Gasteiger partial charge on any atom is 0.233 e. The third-order valence-electron chi connectivity index (χ3n) is 5.10. The van der Waals surface area contributed by atoms with Gasteiger partial charge in [0.2, 0.25) is 5.91 Å². The van der Waals surface area contributed by atoms with E-state index in [-0.39, 0.29) is 11.7 Å². The van der Waals surface area contributed by atoms with E-state index < -0.39 is 0 Å². The molecule has 156 valence electrons. The molecule has 0 bridgehead atoms. The van der Waals surface area contributed by atoms with Crippen molar-refractivity contribution in [1.82, 2.24) is 19.7 Å². The summed E-state index contributed by atoms with van der Waals surface area (Å²) in [6.07, 6.45) is 3.41. The number of benzene rings is 2. The predicted octanol–water partition coefficient (Wildman–Crippen LogP) is 4.81. The van der Waals surface area contributed by atoms with Gasteiger partial charge in [0, 0.05) is 24.3 Å². The van der Waals surface area contributed by atoms with Gasteiger partial charge < -0.3 is 4.90 Å². The Bertz CT molecular complexity index is 986. The third-order valence-corrected chi connectivity index (χ3v) is 6.01.